The van der Waals surface area contributed by atoms with Crippen molar-refractivity contribution in [1.82, 2.24) is 4.98 Å². The second kappa shape index (κ2) is 6.59. The van der Waals surface area contributed by atoms with Crippen LogP contribution < -0.4 is 4.74 Å². The molecular weight excluding hydrogens is 366 g/mol. The molecule has 2 N–H and O–H groups in total. The van der Waals surface area contributed by atoms with E-state index in [0.29, 0.717) is 35.0 Å². The van der Waals surface area contributed by atoms with Crippen molar-refractivity contribution in [3.63, 3.8) is 0 Å². The Morgan fingerprint density at radius 3 is 2.78 bits per heavy atom. The number of methoxy groups -OCH3 is 1. The first kappa shape index (κ1) is 17.4. The van der Waals surface area contributed by atoms with Gasteiger partial charge in [-0.15, -0.1) is 0 Å². The third kappa shape index (κ3) is 2.90. The molecule has 4 rings (SSSR count). The van der Waals surface area contributed by atoms with E-state index in [4.69, 9.17) is 21.3 Å². The fourth-order valence-electron chi connectivity index (χ4n) is 3.56. The first-order valence-electron chi connectivity index (χ1n) is 8.42. The minimum atomic E-state index is -0.944. The summed E-state index contributed by atoms with van der Waals surface area (Å²) in [7, 11) is 1.46. The number of rotatable bonds is 3. The lowest BCUT2D eigenvalue weighted by atomic mass is 10.0. The Hall–Kier alpha value is -3.05. The zero-order chi connectivity index (χ0) is 19.1. The maximum Gasteiger partial charge on any atom is 0.336 e. The number of halogens is 1. The number of aromatic hydroxyl groups is 1. The molecule has 1 heterocycles. The van der Waals surface area contributed by atoms with Crippen molar-refractivity contribution in [2.24, 2.45) is 0 Å². The number of carbonyl (C=O) groups is 1. The maximum absolute atomic E-state index is 11.9. The number of hydrogen-bond donors (Lipinski definition) is 2. The Labute approximate surface area is 160 Å². The lowest BCUT2D eigenvalue weighted by molar-refractivity contribution is 0.0698. The molecule has 0 saturated heterocycles. The van der Waals surface area contributed by atoms with E-state index in [-0.39, 0.29) is 16.5 Å². The van der Waals surface area contributed by atoms with Crippen LogP contribution in [0.1, 0.15) is 33.6 Å². The highest BCUT2D eigenvalue weighted by molar-refractivity contribution is 6.32. The Morgan fingerprint density at radius 1 is 1.26 bits per heavy atom. The number of hydrogen-bond acceptors (Lipinski definition) is 4. The first-order valence-corrected chi connectivity index (χ1v) is 8.79. The monoisotopic (exact) mass is 381 g/mol. The van der Waals surface area contributed by atoms with Gasteiger partial charge in [-0.25, -0.2) is 9.78 Å². The number of ether oxygens (including phenoxy) is 1. The first-order chi connectivity index (χ1) is 13.0. The van der Waals surface area contributed by atoms with Crippen molar-refractivity contribution in [3.05, 3.63) is 63.8 Å². The van der Waals surface area contributed by atoms with Gasteiger partial charge in [-0.05, 0) is 53.8 Å². The van der Waals surface area contributed by atoms with E-state index in [2.05, 4.69) is 0 Å². The number of phenols is 1. The van der Waals surface area contributed by atoms with E-state index >= 15 is 0 Å². The Morgan fingerprint density at radius 2 is 2.04 bits per heavy atom. The van der Waals surface area contributed by atoms with Crippen LogP contribution in [0, 0.1) is 0 Å². The van der Waals surface area contributed by atoms with Crippen LogP contribution in [-0.2, 0) is 6.42 Å². The maximum atomic E-state index is 11.9. The highest BCUT2D eigenvalue weighted by atomic mass is 35.5. The molecule has 0 unspecified atom stereocenters. The number of phenolic OH excluding ortho intramolecular Hbond substituents is 1. The molecule has 0 radical (unpaired) electrons. The molecule has 0 amide bonds. The molecule has 136 valence electrons. The van der Waals surface area contributed by atoms with Crippen LogP contribution in [0.4, 0.5) is 0 Å². The van der Waals surface area contributed by atoms with Gasteiger partial charge in [0.25, 0.3) is 0 Å². The van der Waals surface area contributed by atoms with Crippen molar-refractivity contribution >= 4 is 40.1 Å². The Balaban J connectivity index is 1.90. The second-order valence-electron chi connectivity index (χ2n) is 6.36. The van der Waals surface area contributed by atoms with Crippen molar-refractivity contribution in [3.8, 4) is 11.5 Å². The van der Waals surface area contributed by atoms with Gasteiger partial charge in [0.05, 0.1) is 28.9 Å². The molecule has 6 heteroatoms. The van der Waals surface area contributed by atoms with Gasteiger partial charge < -0.3 is 14.9 Å². The fourth-order valence-corrected chi connectivity index (χ4v) is 3.78. The average Bonchev–Trinajstić information content (AvgIpc) is 3.04. The molecule has 1 aliphatic carbocycles. The molecule has 1 aromatic heterocycles. The highest BCUT2D eigenvalue weighted by Crippen LogP contribution is 2.40. The predicted molar refractivity (Wildman–Crippen MR) is 105 cm³/mol. The Kier molecular flexibility index (Phi) is 4.24. The molecular formula is C21H16ClNO4. The SMILES string of the molecule is COc1cc(/C=C2/CCc3c2nc2ccccc2c3C(=O)O)cc(Cl)c1O. The summed E-state index contributed by atoms with van der Waals surface area (Å²) in [4.78, 5) is 16.6. The van der Waals surface area contributed by atoms with Crippen molar-refractivity contribution in [1.29, 1.82) is 0 Å². The van der Waals surface area contributed by atoms with E-state index in [1.807, 2.05) is 24.3 Å². The van der Waals surface area contributed by atoms with Gasteiger partial charge in [0.15, 0.2) is 11.5 Å². The molecule has 5 nitrogen and oxygen atoms in total. The number of pyridine rings is 1. The number of nitrogens with zero attached hydrogens (tertiary/aromatic N) is 1. The van der Waals surface area contributed by atoms with Crippen LogP contribution in [0.25, 0.3) is 22.6 Å². The number of carboxylic acid groups (broad SMARTS) is 1. The second-order valence-corrected chi connectivity index (χ2v) is 6.77. The summed E-state index contributed by atoms with van der Waals surface area (Å²) in [6.07, 6.45) is 3.20. The van der Waals surface area contributed by atoms with Gasteiger partial charge in [-0.3, -0.25) is 0 Å². The number of allylic oxidation sites excluding steroid dienone is 1. The summed E-state index contributed by atoms with van der Waals surface area (Å²) < 4.78 is 5.15. The van der Waals surface area contributed by atoms with Crippen molar-refractivity contribution < 1.29 is 19.7 Å². The summed E-state index contributed by atoms with van der Waals surface area (Å²) in [6.45, 7) is 0. The molecule has 27 heavy (non-hydrogen) atoms. The summed E-state index contributed by atoms with van der Waals surface area (Å²) in [5.74, 6) is -0.767. The van der Waals surface area contributed by atoms with Gasteiger partial charge in [0, 0.05) is 5.39 Å². The van der Waals surface area contributed by atoms with Crippen LogP contribution in [0.2, 0.25) is 5.02 Å². The zero-order valence-corrected chi connectivity index (χ0v) is 15.2. The Bertz CT molecular complexity index is 1120. The van der Waals surface area contributed by atoms with E-state index < -0.39 is 5.97 Å². The number of fused-ring (bicyclic) bond motifs is 2. The van der Waals surface area contributed by atoms with Gasteiger partial charge in [0.1, 0.15) is 0 Å². The van der Waals surface area contributed by atoms with Crippen molar-refractivity contribution in [2.75, 3.05) is 7.11 Å². The summed E-state index contributed by atoms with van der Waals surface area (Å²) in [5.41, 5.74) is 4.12. The minimum Gasteiger partial charge on any atom is -0.503 e. The largest absolute Gasteiger partial charge is 0.503 e. The smallest absolute Gasteiger partial charge is 0.336 e. The van der Waals surface area contributed by atoms with Gasteiger partial charge in [-0.2, -0.15) is 0 Å². The van der Waals surface area contributed by atoms with Crippen LogP contribution in [0.5, 0.6) is 11.5 Å². The van der Waals surface area contributed by atoms with Crippen LogP contribution >= 0.6 is 11.6 Å². The third-order valence-corrected chi connectivity index (χ3v) is 5.06. The van der Waals surface area contributed by atoms with E-state index in [9.17, 15) is 15.0 Å². The molecule has 3 aromatic rings. The summed E-state index contributed by atoms with van der Waals surface area (Å²) in [5, 5.41) is 20.5. The molecule has 0 saturated carbocycles. The number of carboxylic acids is 1. The lowest BCUT2D eigenvalue weighted by Gasteiger charge is -2.10. The quantitative estimate of drug-likeness (QED) is 0.682. The van der Waals surface area contributed by atoms with Crippen LogP contribution in [0.15, 0.2) is 36.4 Å². The van der Waals surface area contributed by atoms with Gasteiger partial charge >= 0.3 is 5.97 Å². The number of aromatic nitrogens is 1. The van der Waals surface area contributed by atoms with Crippen molar-refractivity contribution in [2.45, 2.75) is 12.8 Å². The lowest BCUT2D eigenvalue weighted by Crippen LogP contribution is -2.05. The average molecular weight is 382 g/mol. The normalized spacial score (nSPS) is 14.5. The standard InChI is InChI=1S/C21H16ClNO4/c1-27-17-10-11(9-15(22)20(17)24)8-12-6-7-14-18(21(25)26)13-4-2-3-5-16(13)23-19(12)14/h2-5,8-10,24H,6-7H2,1H3,(H,25,26)/b12-8-. The molecule has 0 bridgehead atoms. The molecule has 2 aromatic carbocycles. The van der Waals surface area contributed by atoms with E-state index in [1.54, 1.807) is 18.2 Å². The molecule has 0 fully saturated rings. The molecule has 1 aliphatic rings. The zero-order valence-electron chi connectivity index (χ0n) is 14.5. The van der Waals surface area contributed by atoms with Crippen LogP contribution in [0.3, 0.4) is 0 Å². The fraction of sp³-hybridized carbons (Fsp3) is 0.143. The number of aromatic carboxylic acids is 1. The molecule has 0 aliphatic heterocycles. The third-order valence-electron chi connectivity index (χ3n) is 4.77. The molecule has 0 atom stereocenters. The number of benzene rings is 2. The van der Waals surface area contributed by atoms with E-state index in [1.165, 1.54) is 7.11 Å². The predicted octanol–water partition coefficient (Wildman–Crippen LogP) is 4.79. The summed E-state index contributed by atoms with van der Waals surface area (Å²) >= 11 is 6.08. The van der Waals surface area contributed by atoms with Crippen LogP contribution in [-0.4, -0.2) is 28.3 Å². The van der Waals surface area contributed by atoms with E-state index in [0.717, 1.165) is 16.7 Å². The number of para-hydroxylation sites is 1. The minimum absolute atomic E-state index is 0.106. The van der Waals surface area contributed by atoms with Gasteiger partial charge in [-0.1, -0.05) is 29.8 Å². The highest BCUT2D eigenvalue weighted by Gasteiger charge is 2.26. The van der Waals surface area contributed by atoms with Gasteiger partial charge in [0.2, 0.25) is 0 Å². The molecule has 0 spiro atoms. The topological polar surface area (TPSA) is 79.7 Å². The summed E-state index contributed by atoms with van der Waals surface area (Å²) in [6, 6.07) is 10.6.